The number of nitrogens with zero attached hydrogens (tertiary/aromatic N) is 1. The average molecular weight is 401 g/mol. The summed E-state index contributed by atoms with van der Waals surface area (Å²) in [7, 11) is 3.15. The molecule has 0 bridgehead atoms. The first-order valence-electron chi connectivity index (χ1n) is 8.02. The maximum atomic E-state index is 12.2. The number of thiazole rings is 1. The molecule has 1 amide bonds. The third-order valence-electron chi connectivity index (χ3n) is 3.74. The van der Waals surface area contributed by atoms with Crippen molar-refractivity contribution in [1.82, 2.24) is 4.98 Å². The minimum Gasteiger partial charge on any atom is -0.497 e. The molecule has 0 spiro atoms. The summed E-state index contributed by atoms with van der Waals surface area (Å²) in [6.07, 6.45) is 3.11. The summed E-state index contributed by atoms with van der Waals surface area (Å²) in [6.45, 7) is 0. The van der Waals surface area contributed by atoms with Crippen molar-refractivity contribution < 1.29 is 14.3 Å². The van der Waals surface area contributed by atoms with E-state index in [0.717, 1.165) is 16.8 Å². The number of nitrogens with one attached hydrogen (secondary N) is 1. The zero-order valence-electron chi connectivity index (χ0n) is 14.7. The van der Waals surface area contributed by atoms with Gasteiger partial charge in [0, 0.05) is 33.7 Å². The number of hydrogen-bond donors (Lipinski definition) is 1. The van der Waals surface area contributed by atoms with Crippen LogP contribution in [0, 0.1) is 0 Å². The Labute approximate surface area is 166 Å². The van der Waals surface area contributed by atoms with Gasteiger partial charge in [-0.3, -0.25) is 10.1 Å². The van der Waals surface area contributed by atoms with Gasteiger partial charge in [-0.1, -0.05) is 29.8 Å². The fraction of sp³-hybridized carbons (Fsp3) is 0.100. The number of amides is 1. The van der Waals surface area contributed by atoms with Gasteiger partial charge in [0.2, 0.25) is 5.91 Å². The van der Waals surface area contributed by atoms with Crippen molar-refractivity contribution in [2.75, 3.05) is 19.5 Å². The molecule has 3 rings (SSSR count). The van der Waals surface area contributed by atoms with E-state index in [1.807, 2.05) is 29.6 Å². The number of hydrogen-bond acceptors (Lipinski definition) is 5. The second kappa shape index (κ2) is 8.70. The molecule has 7 heteroatoms. The lowest BCUT2D eigenvalue weighted by molar-refractivity contribution is -0.111. The predicted octanol–water partition coefficient (Wildman–Crippen LogP) is 5.13. The van der Waals surface area contributed by atoms with E-state index in [-0.39, 0.29) is 5.91 Å². The van der Waals surface area contributed by atoms with Crippen LogP contribution >= 0.6 is 22.9 Å². The highest BCUT2D eigenvalue weighted by Gasteiger charge is 2.09. The average Bonchev–Trinajstić information content (AvgIpc) is 3.14. The van der Waals surface area contributed by atoms with Gasteiger partial charge in [0.15, 0.2) is 5.13 Å². The molecule has 0 aliphatic heterocycles. The monoisotopic (exact) mass is 400 g/mol. The number of ether oxygens (including phenoxy) is 2. The van der Waals surface area contributed by atoms with E-state index in [1.165, 1.54) is 17.4 Å². The van der Waals surface area contributed by atoms with E-state index in [1.54, 1.807) is 38.5 Å². The van der Waals surface area contributed by atoms with Gasteiger partial charge < -0.3 is 9.47 Å². The van der Waals surface area contributed by atoms with Crippen molar-refractivity contribution in [2.45, 2.75) is 0 Å². The van der Waals surface area contributed by atoms with Crippen molar-refractivity contribution in [3.63, 3.8) is 0 Å². The SMILES string of the molecule is COc1ccc(/C=C/C(=O)Nc2nc(-c3ccccc3Cl)cs2)c(OC)c1. The smallest absolute Gasteiger partial charge is 0.250 e. The quantitative estimate of drug-likeness (QED) is 0.582. The van der Waals surface area contributed by atoms with Gasteiger partial charge in [-0.2, -0.15) is 0 Å². The lowest BCUT2D eigenvalue weighted by Crippen LogP contribution is -2.07. The molecule has 0 fully saturated rings. The third kappa shape index (κ3) is 4.67. The van der Waals surface area contributed by atoms with E-state index in [0.29, 0.717) is 21.7 Å². The standard InChI is InChI=1S/C20H17ClN2O3S/c1-25-14-9-7-13(18(11-14)26-2)8-10-19(24)23-20-22-17(12-27-20)15-5-3-4-6-16(15)21/h3-12H,1-2H3,(H,22,23,24)/b10-8+. The lowest BCUT2D eigenvalue weighted by atomic mass is 10.1. The molecule has 0 saturated carbocycles. The van der Waals surface area contributed by atoms with Crippen LogP contribution in [0.2, 0.25) is 5.02 Å². The second-order valence-corrected chi connectivity index (χ2v) is 6.71. The fourth-order valence-electron chi connectivity index (χ4n) is 2.39. The first kappa shape index (κ1) is 18.9. The number of methoxy groups -OCH3 is 2. The Morgan fingerprint density at radius 2 is 2.00 bits per heavy atom. The number of carbonyl (C=O) groups is 1. The Morgan fingerprint density at radius 3 is 2.74 bits per heavy atom. The largest absolute Gasteiger partial charge is 0.497 e. The predicted molar refractivity (Wildman–Crippen MR) is 110 cm³/mol. The highest BCUT2D eigenvalue weighted by Crippen LogP contribution is 2.30. The second-order valence-electron chi connectivity index (χ2n) is 5.45. The summed E-state index contributed by atoms with van der Waals surface area (Å²) >= 11 is 7.53. The molecule has 0 unspecified atom stereocenters. The van der Waals surface area contributed by atoms with Gasteiger partial charge in [0.25, 0.3) is 0 Å². The van der Waals surface area contributed by atoms with Crippen LogP contribution in [0.3, 0.4) is 0 Å². The number of halogens is 1. The summed E-state index contributed by atoms with van der Waals surface area (Å²) in [6, 6.07) is 12.8. The van der Waals surface area contributed by atoms with Crippen molar-refractivity contribution in [2.24, 2.45) is 0 Å². The van der Waals surface area contributed by atoms with Gasteiger partial charge in [-0.25, -0.2) is 4.98 Å². The Bertz CT molecular complexity index is 985. The zero-order valence-corrected chi connectivity index (χ0v) is 16.3. The third-order valence-corrected chi connectivity index (χ3v) is 4.83. The van der Waals surface area contributed by atoms with Crippen LogP contribution in [0.1, 0.15) is 5.56 Å². The van der Waals surface area contributed by atoms with Crippen LogP contribution in [-0.4, -0.2) is 25.1 Å². The molecule has 1 heterocycles. The van der Waals surface area contributed by atoms with Crippen molar-refractivity contribution in [3.8, 4) is 22.8 Å². The molecule has 1 aromatic heterocycles. The molecule has 138 valence electrons. The Balaban J connectivity index is 1.70. The lowest BCUT2D eigenvalue weighted by Gasteiger charge is -2.07. The molecule has 0 aliphatic rings. The molecule has 1 N–H and O–H groups in total. The Hall–Kier alpha value is -2.83. The molecule has 2 aromatic carbocycles. The van der Waals surface area contributed by atoms with Crippen molar-refractivity contribution in [1.29, 1.82) is 0 Å². The maximum absolute atomic E-state index is 12.2. The first-order valence-corrected chi connectivity index (χ1v) is 9.28. The molecule has 3 aromatic rings. The number of aromatic nitrogens is 1. The first-order chi connectivity index (χ1) is 13.1. The molecule has 0 atom stereocenters. The minimum atomic E-state index is -0.284. The summed E-state index contributed by atoms with van der Waals surface area (Å²) in [4.78, 5) is 16.6. The molecule has 0 aliphatic carbocycles. The van der Waals surface area contributed by atoms with Crippen molar-refractivity contribution >= 4 is 40.1 Å². The zero-order chi connectivity index (χ0) is 19.2. The van der Waals surface area contributed by atoms with Gasteiger partial charge in [-0.15, -0.1) is 11.3 Å². The molecule has 0 saturated heterocycles. The number of benzene rings is 2. The van der Waals surface area contributed by atoms with E-state index < -0.39 is 0 Å². The number of anilines is 1. The fourth-order valence-corrected chi connectivity index (χ4v) is 3.34. The molecular formula is C20H17ClN2O3S. The molecule has 0 radical (unpaired) electrons. The maximum Gasteiger partial charge on any atom is 0.250 e. The van der Waals surface area contributed by atoms with E-state index in [9.17, 15) is 4.79 Å². The molecule has 27 heavy (non-hydrogen) atoms. The van der Waals surface area contributed by atoms with Crippen LogP contribution in [0.25, 0.3) is 17.3 Å². The normalized spacial score (nSPS) is 10.8. The number of rotatable bonds is 6. The summed E-state index contributed by atoms with van der Waals surface area (Å²) in [5, 5.41) is 5.73. The van der Waals surface area contributed by atoms with Crippen LogP contribution in [0.15, 0.2) is 53.9 Å². The van der Waals surface area contributed by atoms with Crippen LogP contribution in [0.4, 0.5) is 5.13 Å². The minimum absolute atomic E-state index is 0.284. The Kier molecular flexibility index (Phi) is 6.11. The van der Waals surface area contributed by atoms with E-state index in [2.05, 4.69) is 10.3 Å². The highest BCUT2D eigenvalue weighted by molar-refractivity contribution is 7.14. The Morgan fingerprint density at radius 1 is 1.19 bits per heavy atom. The van der Waals surface area contributed by atoms with Gasteiger partial charge in [-0.05, 0) is 24.3 Å². The summed E-state index contributed by atoms with van der Waals surface area (Å²) in [5.74, 6) is 1.02. The number of carbonyl (C=O) groups excluding carboxylic acids is 1. The summed E-state index contributed by atoms with van der Waals surface area (Å²) < 4.78 is 10.5. The van der Waals surface area contributed by atoms with Gasteiger partial charge >= 0.3 is 0 Å². The highest BCUT2D eigenvalue weighted by atomic mass is 35.5. The van der Waals surface area contributed by atoms with E-state index in [4.69, 9.17) is 21.1 Å². The molecular weight excluding hydrogens is 384 g/mol. The summed E-state index contributed by atoms with van der Waals surface area (Å²) in [5.41, 5.74) is 2.32. The van der Waals surface area contributed by atoms with E-state index >= 15 is 0 Å². The van der Waals surface area contributed by atoms with Crippen LogP contribution in [0.5, 0.6) is 11.5 Å². The topological polar surface area (TPSA) is 60.5 Å². The van der Waals surface area contributed by atoms with Crippen LogP contribution < -0.4 is 14.8 Å². The van der Waals surface area contributed by atoms with Gasteiger partial charge in [0.1, 0.15) is 11.5 Å². The van der Waals surface area contributed by atoms with Crippen molar-refractivity contribution in [3.05, 3.63) is 64.5 Å². The van der Waals surface area contributed by atoms with Crippen LogP contribution in [-0.2, 0) is 4.79 Å². The van der Waals surface area contributed by atoms with Gasteiger partial charge in [0.05, 0.1) is 19.9 Å². The molecule has 5 nitrogen and oxygen atoms in total.